The summed E-state index contributed by atoms with van der Waals surface area (Å²) in [5.74, 6) is 2.56. The molecule has 0 bridgehead atoms. The molecule has 2 saturated heterocycles. The zero-order valence-electron chi connectivity index (χ0n) is 9.21. The molecule has 0 aromatic heterocycles. The summed E-state index contributed by atoms with van der Waals surface area (Å²) >= 11 is 1.95. The first-order valence-electron chi connectivity index (χ1n) is 5.98. The molecule has 2 heterocycles. The van der Waals surface area contributed by atoms with Crippen LogP contribution >= 0.6 is 11.8 Å². The van der Waals surface area contributed by atoms with Gasteiger partial charge in [0.2, 0.25) is 5.91 Å². The van der Waals surface area contributed by atoms with Crippen LogP contribution in [0.1, 0.15) is 25.7 Å². The molecule has 0 aromatic carbocycles. The maximum absolute atomic E-state index is 12.2. The number of carbonyl (C=O) groups excluding carboxylic acids is 1. The molecule has 0 spiro atoms. The van der Waals surface area contributed by atoms with Crippen LogP contribution in [-0.2, 0) is 4.79 Å². The summed E-state index contributed by atoms with van der Waals surface area (Å²) < 4.78 is 0. The van der Waals surface area contributed by atoms with Gasteiger partial charge in [-0.2, -0.15) is 11.8 Å². The van der Waals surface area contributed by atoms with Crippen LogP contribution in [0.15, 0.2) is 0 Å². The number of rotatable bonds is 1. The Kier molecular flexibility index (Phi) is 4.32. The van der Waals surface area contributed by atoms with Crippen molar-refractivity contribution in [3.05, 3.63) is 0 Å². The summed E-state index contributed by atoms with van der Waals surface area (Å²) in [5, 5.41) is 3.38. The molecule has 86 valence electrons. The average Bonchev–Trinajstić information content (AvgIpc) is 2.58. The molecule has 0 saturated carbocycles. The van der Waals surface area contributed by atoms with Gasteiger partial charge in [-0.1, -0.05) is 12.8 Å². The number of hydrogen-bond acceptors (Lipinski definition) is 3. The van der Waals surface area contributed by atoms with Gasteiger partial charge in [0.05, 0.1) is 6.04 Å². The number of hydrogen-bond donors (Lipinski definition) is 1. The molecule has 1 amide bonds. The number of amides is 1. The van der Waals surface area contributed by atoms with Crippen molar-refractivity contribution in [2.24, 2.45) is 0 Å². The number of carbonyl (C=O) groups is 1. The van der Waals surface area contributed by atoms with Crippen LogP contribution in [0.4, 0.5) is 0 Å². The fourth-order valence-corrected chi connectivity index (χ4v) is 3.15. The van der Waals surface area contributed by atoms with Crippen LogP contribution in [0, 0.1) is 0 Å². The van der Waals surface area contributed by atoms with Crippen LogP contribution in [-0.4, -0.2) is 48.0 Å². The van der Waals surface area contributed by atoms with Crippen molar-refractivity contribution in [3.63, 3.8) is 0 Å². The highest BCUT2D eigenvalue weighted by molar-refractivity contribution is 7.99. The molecule has 0 aliphatic carbocycles. The van der Waals surface area contributed by atoms with Gasteiger partial charge in [-0.25, -0.2) is 0 Å². The summed E-state index contributed by atoms with van der Waals surface area (Å²) in [6.07, 6.45) is 4.72. The molecular formula is C11H20N2OS. The SMILES string of the molecule is O=C([C@H]1CCCCCN1)N1CCSCC1. The third kappa shape index (κ3) is 3.11. The second kappa shape index (κ2) is 5.75. The second-order valence-electron chi connectivity index (χ2n) is 4.29. The smallest absolute Gasteiger partial charge is 0.239 e. The van der Waals surface area contributed by atoms with E-state index >= 15 is 0 Å². The third-order valence-corrected chi connectivity index (χ3v) is 4.12. The van der Waals surface area contributed by atoms with E-state index in [-0.39, 0.29) is 6.04 Å². The Labute approximate surface area is 96.0 Å². The molecule has 2 fully saturated rings. The largest absolute Gasteiger partial charge is 0.340 e. The van der Waals surface area contributed by atoms with Crippen molar-refractivity contribution in [2.75, 3.05) is 31.1 Å². The predicted molar refractivity (Wildman–Crippen MR) is 64.2 cm³/mol. The first kappa shape index (κ1) is 11.3. The second-order valence-corrected chi connectivity index (χ2v) is 5.52. The zero-order chi connectivity index (χ0) is 10.5. The molecular weight excluding hydrogens is 208 g/mol. The van der Waals surface area contributed by atoms with Gasteiger partial charge in [-0.3, -0.25) is 4.79 Å². The predicted octanol–water partition coefficient (Wildman–Crippen LogP) is 1.09. The molecule has 3 nitrogen and oxygen atoms in total. The van der Waals surface area contributed by atoms with Gasteiger partial charge in [0, 0.05) is 24.6 Å². The van der Waals surface area contributed by atoms with Crippen molar-refractivity contribution >= 4 is 17.7 Å². The maximum atomic E-state index is 12.2. The Morgan fingerprint density at radius 1 is 1.20 bits per heavy atom. The van der Waals surface area contributed by atoms with E-state index in [1.807, 2.05) is 16.7 Å². The van der Waals surface area contributed by atoms with E-state index in [0.717, 1.165) is 37.6 Å². The first-order chi connectivity index (χ1) is 7.38. The highest BCUT2D eigenvalue weighted by Gasteiger charge is 2.25. The number of thioether (sulfide) groups is 1. The van der Waals surface area contributed by atoms with Crippen LogP contribution in [0.2, 0.25) is 0 Å². The van der Waals surface area contributed by atoms with Gasteiger partial charge >= 0.3 is 0 Å². The van der Waals surface area contributed by atoms with Crippen molar-refractivity contribution < 1.29 is 4.79 Å². The summed E-state index contributed by atoms with van der Waals surface area (Å²) in [7, 11) is 0. The van der Waals surface area contributed by atoms with Gasteiger partial charge in [-0.05, 0) is 19.4 Å². The summed E-state index contributed by atoms with van der Waals surface area (Å²) in [6, 6.07) is 0.107. The molecule has 2 rings (SSSR count). The minimum absolute atomic E-state index is 0.107. The van der Waals surface area contributed by atoms with E-state index in [1.54, 1.807) is 0 Å². The molecule has 0 unspecified atom stereocenters. The van der Waals surface area contributed by atoms with Gasteiger partial charge in [0.25, 0.3) is 0 Å². The zero-order valence-corrected chi connectivity index (χ0v) is 10.0. The summed E-state index contributed by atoms with van der Waals surface area (Å²) in [6.45, 7) is 2.91. The van der Waals surface area contributed by atoms with Crippen molar-refractivity contribution in [3.8, 4) is 0 Å². The molecule has 4 heteroatoms. The molecule has 0 aromatic rings. The normalized spacial score (nSPS) is 28.5. The minimum Gasteiger partial charge on any atom is -0.340 e. The van der Waals surface area contributed by atoms with Gasteiger partial charge in [0.15, 0.2) is 0 Å². The number of nitrogens with one attached hydrogen (secondary N) is 1. The Balaban J connectivity index is 1.87. The van der Waals surface area contributed by atoms with Crippen LogP contribution in [0.3, 0.4) is 0 Å². The molecule has 2 aliphatic heterocycles. The molecule has 0 radical (unpaired) electrons. The first-order valence-corrected chi connectivity index (χ1v) is 7.13. The van der Waals surface area contributed by atoms with Crippen LogP contribution < -0.4 is 5.32 Å². The van der Waals surface area contributed by atoms with Crippen molar-refractivity contribution in [2.45, 2.75) is 31.7 Å². The summed E-state index contributed by atoms with van der Waals surface area (Å²) in [5.41, 5.74) is 0. The molecule has 15 heavy (non-hydrogen) atoms. The highest BCUT2D eigenvalue weighted by atomic mass is 32.2. The topological polar surface area (TPSA) is 32.3 Å². The van der Waals surface area contributed by atoms with E-state index in [9.17, 15) is 4.79 Å². The standard InChI is InChI=1S/C11H20N2OS/c14-11(13-6-8-15-9-7-13)10-4-2-1-3-5-12-10/h10,12H,1-9H2/t10-/m1/s1. The fourth-order valence-electron chi connectivity index (χ4n) is 2.24. The van der Waals surface area contributed by atoms with E-state index in [2.05, 4.69) is 5.32 Å². The van der Waals surface area contributed by atoms with Crippen LogP contribution in [0.25, 0.3) is 0 Å². The lowest BCUT2D eigenvalue weighted by atomic mass is 10.1. The minimum atomic E-state index is 0.107. The van der Waals surface area contributed by atoms with E-state index < -0.39 is 0 Å². The third-order valence-electron chi connectivity index (χ3n) is 3.18. The molecule has 1 atom stereocenters. The van der Waals surface area contributed by atoms with E-state index in [0.29, 0.717) is 5.91 Å². The fraction of sp³-hybridized carbons (Fsp3) is 0.909. The Bertz CT molecular complexity index is 209. The van der Waals surface area contributed by atoms with E-state index in [4.69, 9.17) is 0 Å². The Morgan fingerprint density at radius 3 is 2.80 bits per heavy atom. The Morgan fingerprint density at radius 2 is 2.00 bits per heavy atom. The van der Waals surface area contributed by atoms with Gasteiger partial charge in [-0.15, -0.1) is 0 Å². The van der Waals surface area contributed by atoms with Crippen LogP contribution in [0.5, 0.6) is 0 Å². The quantitative estimate of drug-likeness (QED) is 0.729. The van der Waals surface area contributed by atoms with Gasteiger partial charge < -0.3 is 10.2 Å². The lowest BCUT2D eigenvalue weighted by molar-refractivity contribution is -0.133. The lowest BCUT2D eigenvalue weighted by Gasteiger charge is -2.30. The van der Waals surface area contributed by atoms with E-state index in [1.165, 1.54) is 19.3 Å². The lowest BCUT2D eigenvalue weighted by Crippen LogP contribution is -2.48. The maximum Gasteiger partial charge on any atom is 0.239 e. The summed E-state index contributed by atoms with van der Waals surface area (Å²) in [4.78, 5) is 14.2. The Hall–Kier alpha value is -0.220. The molecule has 1 N–H and O–H groups in total. The van der Waals surface area contributed by atoms with Gasteiger partial charge in [0.1, 0.15) is 0 Å². The number of nitrogens with zero attached hydrogens (tertiary/aromatic N) is 1. The highest BCUT2D eigenvalue weighted by Crippen LogP contribution is 2.14. The van der Waals surface area contributed by atoms with Crippen molar-refractivity contribution in [1.29, 1.82) is 0 Å². The average molecular weight is 228 g/mol. The monoisotopic (exact) mass is 228 g/mol. The molecule has 2 aliphatic rings. The van der Waals surface area contributed by atoms with Crippen molar-refractivity contribution in [1.82, 2.24) is 10.2 Å².